The molecule has 3 atom stereocenters. The second kappa shape index (κ2) is 7.30. The predicted molar refractivity (Wildman–Crippen MR) is 80.8 cm³/mol. The normalized spacial score (nSPS) is 23.3. The second-order valence-corrected chi connectivity index (χ2v) is 5.31. The van der Waals surface area contributed by atoms with Gasteiger partial charge in [0.15, 0.2) is 0 Å². The Morgan fingerprint density at radius 2 is 2.30 bits per heavy atom. The summed E-state index contributed by atoms with van der Waals surface area (Å²) in [4.78, 5) is 24.1. The van der Waals surface area contributed by atoms with Crippen LogP contribution in [0.25, 0.3) is 0 Å². The van der Waals surface area contributed by atoms with Crippen molar-refractivity contribution < 1.29 is 14.3 Å². The first-order valence-corrected chi connectivity index (χ1v) is 7.44. The Kier molecular flexibility index (Phi) is 4.94. The molecule has 1 N–H and O–H groups in total. The van der Waals surface area contributed by atoms with Crippen molar-refractivity contribution in [1.82, 2.24) is 24.8 Å². The van der Waals surface area contributed by atoms with Gasteiger partial charge < -0.3 is 19.4 Å². The van der Waals surface area contributed by atoms with Crippen LogP contribution in [0.2, 0.25) is 0 Å². The molecule has 0 radical (unpaired) electrons. The molecule has 122 valence electrons. The Labute approximate surface area is 133 Å². The molecule has 3 rings (SSSR count). The van der Waals surface area contributed by atoms with Crippen LogP contribution in [0.15, 0.2) is 37.3 Å². The van der Waals surface area contributed by atoms with Crippen molar-refractivity contribution in [2.45, 2.75) is 24.6 Å². The van der Waals surface area contributed by atoms with E-state index in [1.54, 1.807) is 31.9 Å². The number of carbonyl (C=O) groups excluding carboxylic acids is 1. The van der Waals surface area contributed by atoms with Crippen molar-refractivity contribution in [3.63, 3.8) is 0 Å². The summed E-state index contributed by atoms with van der Waals surface area (Å²) in [6.07, 6.45) is 9.00. The lowest BCUT2D eigenvalue weighted by Gasteiger charge is -2.45. The third-order valence-electron chi connectivity index (χ3n) is 3.90. The van der Waals surface area contributed by atoms with Crippen LogP contribution >= 0.6 is 0 Å². The van der Waals surface area contributed by atoms with E-state index in [9.17, 15) is 4.79 Å². The smallest absolute Gasteiger partial charge is 0.270 e. The summed E-state index contributed by atoms with van der Waals surface area (Å²) >= 11 is 0. The highest BCUT2D eigenvalue weighted by Crippen LogP contribution is 2.35. The number of carbonyl (C=O) groups is 1. The number of hydrogen-bond acceptors (Lipinski definition) is 6. The minimum absolute atomic E-state index is 0.0140. The highest BCUT2D eigenvalue weighted by molar-refractivity contribution is 5.92. The molecule has 0 spiro atoms. The Balaban J connectivity index is 1.64. The molecule has 0 aromatic carbocycles. The molecule has 2 aromatic heterocycles. The van der Waals surface area contributed by atoms with Gasteiger partial charge in [-0.25, -0.2) is 15.0 Å². The summed E-state index contributed by atoms with van der Waals surface area (Å²) in [5.74, 6) is -0.210. The topological polar surface area (TPSA) is 91.2 Å². The van der Waals surface area contributed by atoms with E-state index in [4.69, 9.17) is 9.47 Å². The Morgan fingerprint density at radius 1 is 1.39 bits per heavy atom. The molecular formula is C15H19N5O3. The Hall–Kier alpha value is -2.32. The fourth-order valence-electron chi connectivity index (χ4n) is 2.70. The van der Waals surface area contributed by atoms with E-state index in [1.165, 1.54) is 6.33 Å². The predicted octanol–water partition coefficient (Wildman–Crippen LogP) is 0.448. The molecule has 1 amide bonds. The Bertz CT molecular complexity index is 619. The number of aromatic nitrogens is 4. The summed E-state index contributed by atoms with van der Waals surface area (Å²) in [5.41, 5.74) is 0.355. The molecule has 2 aromatic rings. The number of amides is 1. The van der Waals surface area contributed by atoms with Crippen LogP contribution in [0.1, 0.15) is 23.0 Å². The quantitative estimate of drug-likeness (QED) is 0.746. The molecule has 1 saturated carbocycles. The van der Waals surface area contributed by atoms with Crippen LogP contribution < -0.4 is 5.32 Å². The zero-order valence-corrected chi connectivity index (χ0v) is 12.8. The second-order valence-electron chi connectivity index (χ2n) is 5.31. The molecule has 23 heavy (non-hydrogen) atoms. The minimum atomic E-state index is -0.210. The lowest BCUT2D eigenvalue weighted by molar-refractivity contribution is -0.0719. The van der Waals surface area contributed by atoms with Crippen molar-refractivity contribution in [2.75, 3.05) is 20.3 Å². The third kappa shape index (κ3) is 3.54. The van der Waals surface area contributed by atoms with Gasteiger partial charge in [-0.15, -0.1) is 0 Å². The maximum absolute atomic E-state index is 12.2. The van der Waals surface area contributed by atoms with Gasteiger partial charge in [0.05, 0.1) is 37.7 Å². The molecule has 0 bridgehead atoms. The number of hydrogen-bond donors (Lipinski definition) is 1. The molecule has 1 fully saturated rings. The van der Waals surface area contributed by atoms with Gasteiger partial charge in [0, 0.05) is 25.7 Å². The van der Waals surface area contributed by atoms with Crippen LogP contribution in [0.3, 0.4) is 0 Å². The fourth-order valence-corrected chi connectivity index (χ4v) is 2.70. The SMILES string of the molecule is COCCOC1CC(NC(=O)c2ccncn2)C1n1ccnc1. The third-order valence-corrected chi connectivity index (χ3v) is 3.90. The first-order chi connectivity index (χ1) is 11.3. The zero-order chi connectivity index (χ0) is 16.1. The van der Waals surface area contributed by atoms with E-state index in [2.05, 4.69) is 20.3 Å². The number of ether oxygens (including phenoxy) is 2. The molecule has 1 aliphatic rings. The van der Waals surface area contributed by atoms with E-state index in [0.717, 1.165) is 6.42 Å². The first-order valence-electron chi connectivity index (χ1n) is 7.44. The summed E-state index contributed by atoms with van der Waals surface area (Å²) in [7, 11) is 1.64. The standard InChI is InChI=1S/C15H19N5O3/c1-22-6-7-23-13-8-12(14(13)20-5-4-17-10-20)19-15(21)11-2-3-16-9-18-11/h2-5,9-10,12-14H,6-8H2,1H3,(H,19,21). The average molecular weight is 317 g/mol. The van der Waals surface area contributed by atoms with Gasteiger partial charge in [-0.3, -0.25) is 4.79 Å². The highest BCUT2D eigenvalue weighted by Gasteiger charge is 2.44. The van der Waals surface area contributed by atoms with Gasteiger partial charge in [0.25, 0.3) is 5.91 Å². The number of methoxy groups -OCH3 is 1. The van der Waals surface area contributed by atoms with E-state index in [0.29, 0.717) is 18.9 Å². The van der Waals surface area contributed by atoms with Gasteiger partial charge in [-0.1, -0.05) is 0 Å². The van der Waals surface area contributed by atoms with Crippen LogP contribution in [0, 0.1) is 0 Å². The summed E-state index contributed by atoms with van der Waals surface area (Å²) in [6, 6.07) is 1.58. The zero-order valence-electron chi connectivity index (χ0n) is 12.8. The number of nitrogens with zero attached hydrogens (tertiary/aromatic N) is 4. The van der Waals surface area contributed by atoms with Crippen molar-refractivity contribution in [2.24, 2.45) is 0 Å². The van der Waals surface area contributed by atoms with E-state index in [-0.39, 0.29) is 24.1 Å². The number of nitrogens with one attached hydrogen (secondary N) is 1. The largest absolute Gasteiger partial charge is 0.382 e. The minimum Gasteiger partial charge on any atom is -0.382 e. The van der Waals surface area contributed by atoms with Crippen LogP contribution in [0.4, 0.5) is 0 Å². The number of imidazole rings is 1. The highest BCUT2D eigenvalue weighted by atomic mass is 16.5. The maximum atomic E-state index is 12.2. The Morgan fingerprint density at radius 3 is 3.00 bits per heavy atom. The van der Waals surface area contributed by atoms with Crippen molar-refractivity contribution in [1.29, 1.82) is 0 Å². The fraction of sp³-hybridized carbons (Fsp3) is 0.467. The summed E-state index contributed by atoms with van der Waals surface area (Å²) < 4.78 is 12.8. The first kappa shape index (κ1) is 15.6. The van der Waals surface area contributed by atoms with Crippen LogP contribution in [-0.4, -0.2) is 57.9 Å². The van der Waals surface area contributed by atoms with Gasteiger partial charge >= 0.3 is 0 Å². The lowest BCUT2D eigenvalue weighted by atomic mass is 9.82. The van der Waals surface area contributed by atoms with Gasteiger partial charge in [0.2, 0.25) is 0 Å². The molecule has 8 nitrogen and oxygen atoms in total. The monoisotopic (exact) mass is 317 g/mol. The lowest BCUT2D eigenvalue weighted by Crippen LogP contribution is -2.57. The van der Waals surface area contributed by atoms with Crippen molar-refractivity contribution in [3.05, 3.63) is 43.0 Å². The van der Waals surface area contributed by atoms with Crippen LogP contribution in [0.5, 0.6) is 0 Å². The van der Waals surface area contributed by atoms with Crippen molar-refractivity contribution >= 4 is 5.91 Å². The molecule has 3 unspecified atom stereocenters. The van der Waals surface area contributed by atoms with Gasteiger partial charge in [-0.2, -0.15) is 0 Å². The van der Waals surface area contributed by atoms with Gasteiger partial charge in [-0.05, 0) is 12.5 Å². The van der Waals surface area contributed by atoms with Crippen molar-refractivity contribution in [3.8, 4) is 0 Å². The average Bonchev–Trinajstić information content (AvgIpc) is 3.07. The summed E-state index contributed by atoms with van der Waals surface area (Å²) in [5, 5.41) is 3.00. The molecule has 1 aliphatic carbocycles. The molecule has 8 heteroatoms. The van der Waals surface area contributed by atoms with E-state index < -0.39 is 0 Å². The molecule has 2 heterocycles. The maximum Gasteiger partial charge on any atom is 0.270 e. The summed E-state index contributed by atoms with van der Waals surface area (Å²) in [6.45, 7) is 1.07. The van der Waals surface area contributed by atoms with Crippen LogP contribution in [-0.2, 0) is 9.47 Å². The molecule has 0 saturated heterocycles. The molecular weight excluding hydrogens is 298 g/mol. The molecule has 0 aliphatic heterocycles. The van der Waals surface area contributed by atoms with E-state index >= 15 is 0 Å². The number of rotatable bonds is 7. The van der Waals surface area contributed by atoms with E-state index in [1.807, 2.05) is 10.8 Å². The van der Waals surface area contributed by atoms with Gasteiger partial charge in [0.1, 0.15) is 12.0 Å².